The van der Waals surface area contributed by atoms with Crippen LogP contribution in [-0.4, -0.2) is 20.6 Å². The van der Waals surface area contributed by atoms with E-state index in [1.807, 2.05) is 19.2 Å². The normalized spacial score (nSPS) is 12.3. The van der Waals surface area contributed by atoms with Crippen LogP contribution in [0.3, 0.4) is 0 Å². The van der Waals surface area contributed by atoms with Crippen molar-refractivity contribution in [2.75, 3.05) is 5.32 Å². The number of hydrogen-bond acceptors (Lipinski definition) is 3. The van der Waals surface area contributed by atoms with Crippen LogP contribution in [0.5, 0.6) is 0 Å². The van der Waals surface area contributed by atoms with Gasteiger partial charge in [0, 0.05) is 24.9 Å². The molecule has 76 valence electrons. The number of rotatable bonds is 3. The molecule has 0 bridgehead atoms. The Hall–Kier alpha value is -2.02. The first-order chi connectivity index (χ1) is 7.31. The second-order valence-corrected chi connectivity index (χ2v) is 3.39. The number of aromatic nitrogens is 3. The minimum Gasteiger partial charge on any atom is -0.365 e. The first-order valence-corrected chi connectivity index (χ1v) is 4.79. The van der Waals surface area contributed by atoms with E-state index in [9.17, 15) is 0 Å². The summed E-state index contributed by atoms with van der Waals surface area (Å²) in [6.07, 6.45) is 11.2. The molecule has 1 unspecified atom stereocenters. The summed E-state index contributed by atoms with van der Waals surface area (Å²) in [5, 5.41) is 7.39. The molecule has 0 aliphatic rings. The Bertz CT molecular complexity index is 495. The molecule has 15 heavy (non-hydrogen) atoms. The molecule has 0 saturated carbocycles. The molecule has 4 nitrogen and oxygen atoms in total. The summed E-state index contributed by atoms with van der Waals surface area (Å²) in [6.45, 7) is 2.03. The maximum atomic E-state index is 5.25. The number of anilines is 1. The van der Waals surface area contributed by atoms with E-state index in [4.69, 9.17) is 6.42 Å². The lowest BCUT2D eigenvalue weighted by atomic mass is 10.2. The Balaban J connectivity index is 2.28. The van der Waals surface area contributed by atoms with Gasteiger partial charge in [-0.3, -0.25) is 0 Å². The summed E-state index contributed by atoms with van der Waals surface area (Å²) in [7, 11) is 0. The fourth-order valence-electron chi connectivity index (χ4n) is 1.43. The first-order valence-electron chi connectivity index (χ1n) is 4.79. The molecular formula is C11H12N4. The zero-order valence-corrected chi connectivity index (χ0v) is 8.51. The van der Waals surface area contributed by atoms with Crippen molar-refractivity contribution in [2.24, 2.45) is 0 Å². The third-order valence-corrected chi connectivity index (χ3v) is 2.13. The van der Waals surface area contributed by atoms with Gasteiger partial charge < -0.3 is 5.32 Å². The molecule has 0 spiro atoms. The zero-order chi connectivity index (χ0) is 10.7. The van der Waals surface area contributed by atoms with Gasteiger partial charge in [0.2, 0.25) is 0 Å². The van der Waals surface area contributed by atoms with Crippen molar-refractivity contribution < 1.29 is 0 Å². The van der Waals surface area contributed by atoms with Crippen molar-refractivity contribution in [3.63, 3.8) is 0 Å². The Morgan fingerprint density at radius 1 is 1.60 bits per heavy atom. The standard InChI is InChI=1S/C11H12N4/c1-3-4-9(2)14-11-10-5-6-13-15(10)8-7-12-11/h1,5-9H,4H2,2H3,(H,12,14). The number of nitrogens with zero attached hydrogens (tertiary/aromatic N) is 3. The van der Waals surface area contributed by atoms with Crippen molar-refractivity contribution in [3.8, 4) is 12.3 Å². The van der Waals surface area contributed by atoms with Gasteiger partial charge in [-0.05, 0) is 13.0 Å². The highest BCUT2D eigenvalue weighted by Crippen LogP contribution is 2.13. The molecule has 1 atom stereocenters. The van der Waals surface area contributed by atoms with E-state index < -0.39 is 0 Å². The first kappa shape index (κ1) is 9.53. The van der Waals surface area contributed by atoms with Crippen LogP contribution in [0, 0.1) is 12.3 Å². The maximum Gasteiger partial charge on any atom is 0.152 e. The highest BCUT2D eigenvalue weighted by Gasteiger charge is 2.05. The van der Waals surface area contributed by atoms with Crippen molar-refractivity contribution >= 4 is 11.3 Å². The average molecular weight is 200 g/mol. The molecule has 0 aromatic carbocycles. The SMILES string of the molecule is C#CCC(C)Nc1nccn2nccc12. The van der Waals surface area contributed by atoms with Gasteiger partial charge in [0.05, 0.1) is 6.20 Å². The lowest BCUT2D eigenvalue weighted by Crippen LogP contribution is -2.15. The Morgan fingerprint density at radius 3 is 3.27 bits per heavy atom. The largest absolute Gasteiger partial charge is 0.365 e. The van der Waals surface area contributed by atoms with Gasteiger partial charge in [-0.1, -0.05) is 0 Å². The van der Waals surface area contributed by atoms with E-state index in [1.165, 1.54) is 0 Å². The average Bonchev–Trinajstić information content (AvgIpc) is 2.67. The van der Waals surface area contributed by atoms with Crippen LogP contribution in [0.15, 0.2) is 24.7 Å². The number of terminal acetylenes is 1. The predicted octanol–water partition coefficient (Wildman–Crippen LogP) is 1.55. The van der Waals surface area contributed by atoms with Crippen LogP contribution in [0.25, 0.3) is 5.52 Å². The Labute approximate surface area is 88.3 Å². The number of hydrogen-bond donors (Lipinski definition) is 1. The number of fused-ring (bicyclic) bond motifs is 1. The van der Waals surface area contributed by atoms with Crippen LogP contribution < -0.4 is 5.32 Å². The van der Waals surface area contributed by atoms with Crippen molar-refractivity contribution in [3.05, 3.63) is 24.7 Å². The molecule has 2 aromatic rings. The maximum absolute atomic E-state index is 5.25. The monoisotopic (exact) mass is 200 g/mol. The highest BCUT2D eigenvalue weighted by atomic mass is 15.2. The van der Waals surface area contributed by atoms with Crippen molar-refractivity contribution in [1.29, 1.82) is 0 Å². The van der Waals surface area contributed by atoms with E-state index in [2.05, 4.69) is 21.3 Å². The van der Waals surface area contributed by atoms with Crippen molar-refractivity contribution in [2.45, 2.75) is 19.4 Å². The summed E-state index contributed by atoms with van der Waals surface area (Å²) in [4.78, 5) is 4.26. The van der Waals surface area contributed by atoms with Crippen LogP contribution in [0.4, 0.5) is 5.82 Å². The quantitative estimate of drug-likeness (QED) is 0.764. The van der Waals surface area contributed by atoms with Gasteiger partial charge in [0.1, 0.15) is 5.52 Å². The summed E-state index contributed by atoms with van der Waals surface area (Å²) in [6, 6.07) is 2.13. The minimum absolute atomic E-state index is 0.212. The van der Waals surface area contributed by atoms with Crippen LogP contribution >= 0.6 is 0 Å². The third-order valence-electron chi connectivity index (χ3n) is 2.13. The van der Waals surface area contributed by atoms with Crippen molar-refractivity contribution in [1.82, 2.24) is 14.6 Å². The van der Waals surface area contributed by atoms with Crippen LogP contribution in [0.2, 0.25) is 0 Å². The summed E-state index contributed by atoms with van der Waals surface area (Å²) in [5.74, 6) is 3.43. The molecule has 0 saturated heterocycles. The predicted molar refractivity (Wildman–Crippen MR) is 59.5 cm³/mol. The van der Waals surface area contributed by atoms with E-state index in [-0.39, 0.29) is 6.04 Å². The third kappa shape index (κ3) is 1.91. The van der Waals surface area contributed by atoms with E-state index >= 15 is 0 Å². The molecule has 0 amide bonds. The fourth-order valence-corrected chi connectivity index (χ4v) is 1.43. The lowest BCUT2D eigenvalue weighted by molar-refractivity contribution is 0.819. The Kier molecular flexibility index (Phi) is 2.55. The summed E-state index contributed by atoms with van der Waals surface area (Å²) < 4.78 is 1.78. The molecule has 2 aromatic heterocycles. The highest BCUT2D eigenvalue weighted by molar-refractivity contribution is 5.66. The second kappa shape index (κ2) is 4.01. The van der Waals surface area contributed by atoms with E-state index in [0.29, 0.717) is 6.42 Å². The second-order valence-electron chi connectivity index (χ2n) is 3.39. The van der Waals surface area contributed by atoms with Gasteiger partial charge in [-0.2, -0.15) is 5.10 Å². The van der Waals surface area contributed by atoms with Gasteiger partial charge in [0.15, 0.2) is 5.82 Å². The smallest absolute Gasteiger partial charge is 0.152 e. The zero-order valence-electron chi connectivity index (χ0n) is 8.51. The van der Waals surface area contributed by atoms with Crippen LogP contribution in [-0.2, 0) is 0 Å². The van der Waals surface area contributed by atoms with E-state index in [1.54, 1.807) is 16.9 Å². The van der Waals surface area contributed by atoms with Gasteiger partial charge in [0.25, 0.3) is 0 Å². The van der Waals surface area contributed by atoms with E-state index in [0.717, 1.165) is 11.3 Å². The van der Waals surface area contributed by atoms with Crippen LogP contribution in [0.1, 0.15) is 13.3 Å². The van der Waals surface area contributed by atoms with Gasteiger partial charge >= 0.3 is 0 Å². The summed E-state index contributed by atoms with van der Waals surface area (Å²) >= 11 is 0. The molecule has 2 rings (SSSR count). The molecule has 0 aliphatic heterocycles. The molecule has 0 radical (unpaired) electrons. The number of nitrogens with one attached hydrogen (secondary N) is 1. The molecule has 1 N–H and O–H groups in total. The molecule has 2 heterocycles. The molecule has 0 fully saturated rings. The topological polar surface area (TPSA) is 42.2 Å². The Morgan fingerprint density at radius 2 is 2.47 bits per heavy atom. The summed E-state index contributed by atoms with van der Waals surface area (Å²) in [5.41, 5.74) is 0.960. The minimum atomic E-state index is 0.212. The van der Waals surface area contributed by atoms with Gasteiger partial charge in [-0.15, -0.1) is 12.3 Å². The molecule has 0 aliphatic carbocycles. The van der Waals surface area contributed by atoms with Gasteiger partial charge in [-0.25, -0.2) is 9.50 Å². The molecular weight excluding hydrogens is 188 g/mol. The fraction of sp³-hybridized carbons (Fsp3) is 0.273. The molecule has 4 heteroatoms. The lowest BCUT2D eigenvalue weighted by Gasteiger charge is -2.11.